The number of methoxy groups -OCH3 is 1. The number of halogens is 2. The van der Waals surface area contributed by atoms with Gasteiger partial charge in [0.25, 0.3) is 0 Å². The van der Waals surface area contributed by atoms with Crippen LogP contribution >= 0.6 is 31.9 Å². The highest BCUT2D eigenvalue weighted by atomic mass is 79.9. The topological polar surface area (TPSA) is 93.7 Å². The number of benzene rings is 3. The van der Waals surface area contributed by atoms with Crippen molar-refractivity contribution in [1.29, 1.82) is 0 Å². The number of hydrogen-bond donors (Lipinski definition) is 2. The third kappa shape index (κ3) is 8.55. The Labute approximate surface area is 222 Å². The van der Waals surface area contributed by atoms with Gasteiger partial charge in [0.15, 0.2) is 0 Å². The van der Waals surface area contributed by atoms with Crippen molar-refractivity contribution in [3.63, 3.8) is 0 Å². The number of amides is 1. The molecule has 3 aromatic carbocycles. The van der Waals surface area contributed by atoms with Crippen LogP contribution in [-0.2, 0) is 34.3 Å². The Morgan fingerprint density at radius 3 is 2.26 bits per heavy atom. The molecule has 35 heavy (non-hydrogen) atoms. The number of sulfonamides is 1. The average Bonchev–Trinajstić information content (AvgIpc) is 2.78. The van der Waals surface area contributed by atoms with Crippen molar-refractivity contribution in [1.82, 2.24) is 5.32 Å². The van der Waals surface area contributed by atoms with Gasteiger partial charge < -0.3 is 14.8 Å². The summed E-state index contributed by atoms with van der Waals surface area (Å²) in [6.07, 6.45) is 1.88. The maximum absolute atomic E-state index is 12.4. The van der Waals surface area contributed by atoms with Gasteiger partial charge in [0.05, 0.1) is 34.4 Å². The number of anilines is 1. The summed E-state index contributed by atoms with van der Waals surface area (Å²) in [5.41, 5.74) is 3.08. The molecule has 0 fully saturated rings. The molecule has 0 aliphatic carbocycles. The first-order valence-corrected chi connectivity index (χ1v) is 14.2. The van der Waals surface area contributed by atoms with Crippen LogP contribution in [0.5, 0.6) is 11.5 Å². The number of carbonyl (C=O) groups excluding carboxylic acids is 1. The van der Waals surface area contributed by atoms with Gasteiger partial charge >= 0.3 is 0 Å². The molecule has 3 rings (SSSR count). The second kappa shape index (κ2) is 12.4. The number of hydrogen-bond acceptors (Lipinski definition) is 5. The molecule has 0 atom stereocenters. The van der Waals surface area contributed by atoms with E-state index in [1.165, 1.54) is 0 Å². The predicted molar refractivity (Wildman–Crippen MR) is 144 cm³/mol. The van der Waals surface area contributed by atoms with E-state index >= 15 is 0 Å². The van der Waals surface area contributed by atoms with E-state index in [1.807, 2.05) is 48.5 Å². The van der Waals surface area contributed by atoms with E-state index in [1.54, 1.807) is 19.2 Å². The molecule has 1 amide bonds. The molecule has 0 aliphatic heterocycles. The minimum atomic E-state index is -3.47. The lowest BCUT2D eigenvalue weighted by molar-refractivity contribution is -0.120. The van der Waals surface area contributed by atoms with Crippen molar-refractivity contribution >= 4 is 53.5 Å². The summed E-state index contributed by atoms with van der Waals surface area (Å²) < 4.78 is 38.8. The Morgan fingerprint density at radius 2 is 1.63 bits per heavy atom. The smallest absolute Gasteiger partial charge is 0.229 e. The summed E-state index contributed by atoms with van der Waals surface area (Å²) in [4.78, 5) is 12.4. The maximum Gasteiger partial charge on any atom is 0.229 e. The fraction of sp³-hybridized carbons (Fsp3) is 0.240. The average molecular weight is 626 g/mol. The van der Waals surface area contributed by atoms with Crippen molar-refractivity contribution in [2.45, 2.75) is 19.4 Å². The molecule has 7 nitrogen and oxygen atoms in total. The second-order valence-corrected chi connectivity index (χ2v) is 11.3. The lowest BCUT2D eigenvalue weighted by atomic mass is 10.1. The van der Waals surface area contributed by atoms with E-state index in [0.29, 0.717) is 36.8 Å². The molecular formula is C25H26Br2N2O5S. The quantitative estimate of drug-likeness (QED) is 0.310. The summed E-state index contributed by atoms with van der Waals surface area (Å²) in [6.45, 7) is 0.723. The van der Waals surface area contributed by atoms with Gasteiger partial charge in [-0.3, -0.25) is 9.52 Å². The zero-order chi connectivity index (χ0) is 25.4. The second-order valence-electron chi connectivity index (χ2n) is 7.85. The highest BCUT2D eigenvalue weighted by Crippen LogP contribution is 2.34. The lowest BCUT2D eigenvalue weighted by Gasteiger charge is -2.14. The van der Waals surface area contributed by atoms with Gasteiger partial charge in [0, 0.05) is 6.54 Å². The minimum absolute atomic E-state index is 0.107. The predicted octanol–water partition coefficient (Wildman–Crippen LogP) is 5.07. The monoisotopic (exact) mass is 624 g/mol. The van der Waals surface area contributed by atoms with Crippen LogP contribution in [0, 0.1) is 0 Å². The number of carbonyl (C=O) groups is 1. The molecule has 0 unspecified atom stereocenters. The Morgan fingerprint density at radius 1 is 0.943 bits per heavy atom. The maximum atomic E-state index is 12.4. The normalized spacial score (nSPS) is 11.1. The molecular weight excluding hydrogens is 600 g/mol. The summed E-state index contributed by atoms with van der Waals surface area (Å²) in [5.74, 6) is 0.995. The largest absolute Gasteiger partial charge is 0.494 e. The molecule has 0 heterocycles. The van der Waals surface area contributed by atoms with Crippen molar-refractivity contribution in [2.24, 2.45) is 0 Å². The van der Waals surface area contributed by atoms with Crippen LogP contribution in [0.4, 0.5) is 5.69 Å². The minimum Gasteiger partial charge on any atom is -0.494 e. The third-order valence-electron chi connectivity index (χ3n) is 4.94. The molecule has 0 saturated heterocycles. The standard InChI is InChI=1S/C25H26Br2N2O5S/c1-33-25-20(26)12-19(13-21(25)27)15-24(30)28-11-10-17-8-9-22(29-35(2,31)32)23(14-17)34-16-18-6-4-3-5-7-18/h3-9,12-14,29H,10-11,15-16H2,1-2H3,(H,28,30). The summed E-state index contributed by atoms with van der Waals surface area (Å²) in [5, 5.41) is 2.92. The molecule has 0 saturated carbocycles. The Bertz CT molecular complexity index is 1260. The van der Waals surface area contributed by atoms with Gasteiger partial charge in [0.1, 0.15) is 18.1 Å². The first-order chi connectivity index (χ1) is 16.6. The Hall–Kier alpha value is -2.56. The third-order valence-corrected chi connectivity index (χ3v) is 6.71. The molecule has 186 valence electrons. The van der Waals surface area contributed by atoms with Gasteiger partial charge in [-0.05, 0) is 79.2 Å². The van der Waals surface area contributed by atoms with E-state index < -0.39 is 10.0 Å². The number of nitrogens with one attached hydrogen (secondary N) is 2. The molecule has 2 N–H and O–H groups in total. The summed E-state index contributed by atoms with van der Waals surface area (Å²) >= 11 is 6.90. The SMILES string of the molecule is COc1c(Br)cc(CC(=O)NCCc2ccc(NS(C)(=O)=O)c(OCc3ccccc3)c2)cc1Br. The van der Waals surface area contributed by atoms with Crippen LogP contribution in [0.3, 0.4) is 0 Å². The first kappa shape index (κ1) is 27.0. The summed E-state index contributed by atoms with van der Waals surface area (Å²) in [6, 6.07) is 18.6. The fourth-order valence-corrected chi connectivity index (χ4v) is 5.54. The van der Waals surface area contributed by atoms with E-state index in [9.17, 15) is 13.2 Å². The van der Waals surface area contributed by atoms with Gasteiger partial charge in [0.2, 0.25) is 15.9 Å². The van der Waals surface area contributed by atoms with Crippen LogP contribution in [0.1, 0.15) is 16.7 Å². The van der Waals surface area contributed by atoms with Crippen LogP contribution in [0.25, 0.3) is 0 Å². The van der Waals surface area contributed by atoms with Crippen molar-refractivity contribution < 1.29 is 22.7 Å². The number of ether oxygens (including phenoxy) is 2. The zero-order valence-electron chi connectivity index (χ0n) is 19.3. The molecule has 0 aliphatic rings. The lowest BCUT2D eigenvalue weighted by Crippen LogP contribution is -2.27. The molecule has 10 heteroatoms. The van der Waals surface area contributed by atoms with Crippen LogP contribution in [0.15, 0.2) is 69.6 Å². The van der Waals surface area contributed by atoms with Crippen molar-refractivity contribution in [3.05, 3.63) is 86.3 Å². The van der Waals surface area contributed by atoms with E-state index in [-0.39, 0.29) is 12.3 Å². The van der Waals surface area contributed by atoms with Gasteiger partial charge in [-0.25, -0.2) is 8.42 Å². The van der Waals surface area contributed by atoms with Crippen molar-refractivity contribution in [3.8, 4) is 11.5 Å². The van der Waals surface area contributed by atoms with Crippen LogP contribution < -0.4 is 19.5 Å². The zero-order valence-corrected chi connectivity index (χ0v) is 23.3. The van der Waals surface area contributed by atoms with E-state index in [0.717, 1.165) is 31.9 Å². The van der Waals surface area contributed by atoms with Gasteiger partial charge in [-0.15, -0.1) is 0 Å². The molecule has 0 aromatic heterocycles. The molecule has 0 spiro atoms. The fourth-order valence-electron chi connectivity index (χ4n) is 3.36. The van der Waals surface area contributed by atoms with Crippen LogP contribution in [-0.4, -0.2) is 34.2 Å². The Balaban J connectivity index is 1.62. The van der Waals surface area contributed by atoms with Gasteiger partial charge in [-0.2, -0.15) is 0 Å². The molecule has 0 radical (unpaired) electrons. The van der Waals surface area contributed by atoms with E-state index in [4.69, 9.17) is 9.47 Å². The highest BCUT2D eigenvalue weighted by Gasteiger charge is 2.12. The molecule has 3 aromatic rings. The van der Waals surface area contributed by atoms with Crippen molar-refractivity contribution in [2.75, 3.05) is 24.6 Å². The first-order valence-electron chi connectivity index (χ1n) is 10.7. The van der Waals surface area contributed by atoms with Gasteiger partial charge in [-0.1, -0.05) is 36.4 Å². The Kier molecular flexibility index (Phi) is 9.59. The highest BCUT2D eigenvalue weighted by molar-refractivity contribution is 9.11. The summed E-state index contributed by atoms with van der Waals surface area (Å²) in [7, 11) is -1.88. The number of rotatable bonds is 11. The van der Waals surface area contributed by atoms with E-state index in [2.05, 4.69) is 41.9 Å². The van der Waals surface area contributed by atoms with Crippen LogP contribution in [0.2, 0.25) is 0 Å². The molecule has 0 bridgehead atoms.